The Morgan fingerprint density at radius 1 is 1.42 bits per heavy atom. The van der Waals surface area contributed by atoms with Gasteiger partial charge in [0.1, 0.15) is 0 Å². The van der Waals surface area contributed by atoms with Crippen molar-refractivity contribution in [1.82, 2.24) is 9.88 Å². The molecule has 1 fully saturated rings. The number of fused-ring (bicyclic) bond motifs is 1. The van der Waals surface area contributed by atoms with E-state index in [1.807, 2.05) is 0 Å². The number of aromatic amines is 1. The van der Waals surface area contributed by atoms with Crippen LogP contribution in [0.1, 0.15) is 36.5 Å². The van der Waals surface area contributed by atoms with Crippen molar-refractivity contribution < 1.29 is 14.8 Å². The van der Waals surface area contributed by atoms with E-state index in [0.29, 0.717) is 29.6 Å². The number of amides is 1. The molecule has 0 bridgehead atoms. The van der Waals surface area contributed by atoms with E-state index in [1.54, 1.807) is 17.2 Å². The number of likely N-dealkylation sites (tertiary alicyclic amines) is 1. The van der Waals surface area contributed by atoms with Crippen LogP contribution in [-0.2, 0) is 0 Å². The van der Waals surface area contributed by atoms with Gasteiger partial charge in [-0.2, -0.15) is 0 Å². The normalized spacial score (nSPS) is 17.2. The van der Waals surface area contributed by atoms with Crippen molar-refractivity contribution in [3.63, 3.8) is 0 Å². The van der Waals surface area contributed by atoms with E-state index in [4.69, 9.17) is 0 Å². The van der Waals surface area contributed by atoms with Gasteiger partial charge in [0, 0.05) is 48.9 Å². The van der Waals surface area contributed by atoms with Gasteiger partial charge in [-0.05, 0) is 30.7 Å². The van der Waals surface area contributed by atoms with Crippen molar-refractivity contribution in [3.05, 3.63) is 40.1 Å². The molecule has 1 saturated heterocycles. The highest BCUT2D eigenvalue weighted by molar-refractivity contribution is 6.07. The number of aliphatic hydroxyl groups is 1. The predicted octanol–water partition coefficient (Wildman–Crippen LogP) is 2.70. The van der Waals surface area contributed by atoms with Gasteiger partial charge in [0.05, 0.1) is 10.5 Å². The van der Waals surface area contributed by atoms with Crippen LogP contribution < -0.4 is 0 Å². The quantitative estimate of drug-likeness (QED) is 0.664. The van der Waals surface area contributed by atoms with Gasteiger partial charge < -0.3 is 15.0 Å². The summed E-state index contributed by atoms with van der Waals surface area (Å²) in [5, 5.41) is 21.1. The number of non-ortho nitro benzene ring substituents is 1. The molecule has 0 unspecified atom stereocenters. The summed E-state index contributed by atoms with van der Waals surface area (Å²) >= 11 is 0. The second kappa shape index (κ2) is 6.24. The molecule has 2 aromatic rings. The number of aromatic nitrogens is 1. The maximum absolute atomic E-state index is 12.8. The first-order valence-corrected chi connectivity index (χ1v) is 8.15. The molecule has 1 aromatic heterocycles. The minimum absolute atomic E-state index is 0.0277. The smallest absolute Gasteiger partial charge is 0.270 e. The lowest BCUT2D eigenvalue weighted by molar-refractivity contribution is -0.384. The standard InChI is InChI=1S/C17H21N3O4/c1-2-17(11-21)5-7-19(8-6-17)16(22)14-10-18-15-4-3-12(20(23)24)9-13(14)15/h3-4,9-10,18,21H,2,5-8,11H2,1H3. The molecule has 0 spiro atoms. The summed E-state index contributed by atoms with van der Waals surface area (Å²) in [5.41, 5.74) is 1.05. The van der Waals surface area contributed by atoms with E-state index < -0.39 is 4.92 Å². The van der Waals surface area contributed by atoms with Gasteiger partial charge in [0.25, 0.3) is 11.6 Å². The maximum atomic E-state index is 12.8. The van der Waals surface area contributed by atoms with E-state index >= 15 is 0 Å². The molecular weight excluding hydrogens is 310 g/mol. The molecule has 0 radical (unpaired) electrons. The van der Waals surface area contributed by atoms with Crippen molar-refractivity contribution in [2.45, 2.75) is 26.2 Å². The number of nitro benzene ring substituents is 1. The molecule has 0 atom stereocenters. The summed E-state index contributed by atoms with van der Waals surface area (Å²) in [5.74, 6) is -0.121. The topological polar surface area (TPSA) is 99.5 Å². The van der Waals surface area contributed by atoms with E-state index in [-0.39, 0.29) is 23.6 Å². The number of benzene rings is 1. The number of hydrogen-bond donors (Lipinski definition) is 2. The van der Waals surface area contributed by atoms with Gasteiger partial charge in [0.2, 0.25) is 0 Å². The molecule has 7 heteroatoms. The average molecular weight is 331 g/mol. The molecule has 1 amide bonds. The molecule has 1 aliphatic heterocycles. The highest BCUT2D eigenvalue weighted by Gasteiger charge is 2.34. The van der Waals surface area contributed by atoms with Gasteiger partial charge in [-0.3, -0.25) is 14.9 Å². The molecule has 2 heterocycles. The van der Waals surface area contributed by atoms with Gasteiger partial charge in [-0.25, -0.2) is 0 Å². The van der Waals surface area contributed by atoms with Gasteiger partial charge >= 0.3 is 0 Å². The summed E-state index contributed by atoms with van der Waals surface area (Å²) in [4.78, 5) is 28.1. The summed E-state index contributed by atoms with van der Waals surface area (Å²) in [6.07, 6.45) is 4.05. The number of nitro groups is 1. The Kier molecular flexibility index (Phi) is 4.28. The number of nitrogens with one attached hydrogen (secondary N) is 1. The average Bonchev–Trinajstić information content (AvgIpc) is 3.04. The zero-order valence-electron chi connectivity index (χ0n) is 13.6. The second-order valence-corrected chi connectivity index (χ2v) is 6.49. The Morgan fingerprint density at radius 2 is 2.12 bits per heavy atom. The van der Waals surface area contributed by atoms with Gasteiger partial charge in [0.15, 0.2) is 0 Å². The summed E-state index contributed by atoms with van der Waals surface area (Å²) < 4.78 is 0. The molecule has 0 saturated carbocycles. The summed E-state index contributed by atoms with van der Waals surface area (Å²) in [6, 6.07) is 4.48. The second-order valence-electron chi connectivity index (χ2n) is 6.49. The van der Waals surface area contributed by atoms with Crippen molar-refractivity contribution in [2.24, 2.45) is 5.41 Å². The van der Waals surface area contributed by atoms with Gasteiger partial charge in [-0.15, -0.1) is 0 Å². The Balaban J connectivity index is 1.84. The monoisotopic (exact) mass is 331 g/mol. The number of carbonyl (C=O) groups is 1. The minimum atomic E-state index is -0.460. The van der Waals surface area contributed by atoms with Crippen LogP contribution in [0.4, 0.5) is 5.69 Å². The lowest BCUT2D eigenvalue weighted by atomic mass is 9.77. The lowest BCUT2D eigenvalue weighted by Crippen LogP contribution is -2.44. The number of H-pyrrole nitrogens is 1. The first-order chi connectivity index (χ1) is 11.5. The van der Waals surface area contributed by atoms with E-state index in [1.165, 1.54) is 12.1 Å². The van der Waals surface area contributed by atoms with Crippen LogP contribution in [0.15, 0.2) is 24.4 Å². The summed E-state index contributed by atoms with van der Waals surface area (Å²) in [6.45, 7) is 3.39. The highest BCUT2D eigenvalue weighted by atomic mass is 16.6. The third kappa shape index (κ3) is 2.75. The molecular formula is C17H21N3O4. The zero-order valence-corrected chi connectivity index (χ0v) is 13.6. The van der Waals surface area contributed by atoms with Crippen LogP contribution in [0.3, 0.4) is 0 Å². The number of carbonyl (C=O) groups excluding carboxylic acids is 1. The van der Waals surface area contributed by atoms with Crippen LogP contribution in [0, 0.1) is 15.5 Å². The Bertz CT molecular complexity index is 769. The highest BCUT2D eigenvalue weighted by Crippen LogP contribution is 2.35. The maximum Gasteiger partial charge on any atom is 0.270 e. The molecule has 7 nitrogen and oxygen atoms in total. The van der Waals surface area contributed by atoms with Crippen LogP contribution >= 0.6 is 0 Å². The SMILES string of the molecule is CCC1(CO)CCN(C(=O)c2c[nH]c3ccc([N+](=O)[O-])cc23)CC1. The third-order valence-corrected chi connectivity index (χ3v) is 5.30. The number of nitrogens with zero attached hydrogens (tertiary/aromatic N) is 2. The fourth-order valence-electron chi connectivity index (χ4n) is 3.38. The van der Waals surface area contributed by atoms with Crippen molar-refractivity contribution in [2.75, 3.05) is 19.7 Å². The Labute approximate surface area is 139 Å². The number of aliphatic hydroxyl groups excluding tert-OH is 1. The molecule has 128 valence electrons. The van der Waals surface area contributed by atoms with Crippen LogP contribution in [0.5, 0.6) is 0 Å². The lowest BCUT2D eigenvalue weighted by Gasteiger charge is -2.40. The van der Waals surface area contributed by atoms with Gasteiger partial charge in [-0.1, -0.05) is 6.92 Å². The van der Waals surface area contributed by atoms with Crippen LogP contribution in [0.2, 0.25) is 0 Å². The number of piperidine rings is 1. The van der Waals surface area contributed by atoms with E-state index in [0.717, 1.165) is 19.3 Å². The molecule has 24 heavy (non-hydrogen) atoms. The number of hydrogen-bond acceptors (Lipinski definition) is 4. The van der Waals surface area contributed by atoms with Crippen molar-refractivity contribution >= 4 is 22.5 Å². The molecule has 2 N–H and O–H groups in total. The summed E-state index contributed by atoms with van der Waals surface area (Å²) in [7, 11) is 0. The van der Waals surface area contributed by atoms with Crippen LogP contribution in [0.25, 0.3) is 10.9 Å². The Hall–Kier alpha value is -2.41. The first kappa shape index (κ1) is 16.4. The third-order valence-electron chi connectivity index (χ3n) is 5.30. The largest absolute Gasteiger partial charge is 0.396 e. The van der Waals surface area contributed by atoms with E-state index in [2.05, 4.69) is 11.9 Å². The fourth-order valence-corrected chi connectivity index (χ4v) is 3.38. The predicted molar refractivity (Wildman–Crippen MR) is 89.9 cm³/mol. The van der Waals surface area contributed by atoms with Crippen LogP contribution in [-0.4, -0.2) is 45.5 Å². The Morgan fingerprint density at radius 3 is 2.71 bits per heavy atom. The van der Waals surface area contributed by atoms with Crippen molar-refractivity contribution in [1.29, 1.82) is 0 Å². The fraction of sp³-hybridized carbons (Fsp3) is 0.471. The molecule has 1 aromatic carbocycles. The molecule has 3 rings (SSSR count). The zero-order chi connectivity index (χ0) is 17.3. The van der Waals surface area contributed by atoms with Crippen molar-refractivity contribution in [3.8, 4) is 0 Å². The number of rotatable bonds is 4. The van der Waals surface area contributed by atoms with E-state index in [9.17, 15) is 20.0 Å². The molecule has 0 aliphatic carbocycles. The minimum Gasteiger partial charge on any atom is -0.396 e. The molecule has 1 aliphatic rings. The first-order valence-electron chi connectivity index (χ1n) is 8.15.